The Morgan fingerprint density at radius 1 is 1.36 bits per heavy atom. The molecule has 3 atom stereocenters. The van der Waals surface area contributed by atoms with Crippen molar-refractivity contribution in [2.75, 3.05) is 6.54 Å². The van der Waals surface area contributed by atoms with Gasteiger partial charge in [0, 0.05) is 6.54 Å². The van der Waals surface area contributed by atoms with Crippen LogP contribution < -0.4 is 5.73 Å². The Labute approximate surface area is 87.9 Å². The summed E-state index contributed by atoms with van der Waals surface area (Å²) in [6.07, 6.45) is 7.00. The van der Waals surface area contributed by atoms with Crippen molar-refractivity contribution in [3.8, 4) is 0 Å². The standard InChI is InChI=1S/C12H25NO/c1-3-10-6-5-7-11(8-10)12(14,4-2)9-13/h10-11,14H,3-9,13H2,1-2H3. The number of aliphatic hydroxyl groups is 1. The molecular weight excluding hydrogens is 174 g/mol. The molecule has 0 heterocycles. The quantitative estimate of drug-likeness (QED) is 0.730. The van der Waals surface area contributed by atoms with Crippen molar-refractivity contribution < 1.29 is 5.11 Å². The molecule has 0 aliphatic heterocycles. The highest BCUT2D eigenvalue weighted by atomic mass is 16.3. The molecule has 14 heavy (non-hydrogen) atoms. The molecule has 0 amide bonds. The van der Waals surface area contributed by atoms with Crippen LogP contribution in [0.4, 0.5) is 0 Å². The van der Waals surface area contributed by atoms with Gasteiger partial charge in [0.2, 0.25) is 0 Å². The minimum Gasteiger partial charge on any atom is -0.388 e. The molecule has 0 bridgehead atoms. The van der Waals surface area contributed by atoms with E-state index in [0.29, 0.717) is 12.5 Å². The molecule has 0 radical (unpaired) electrons. The molecule has 1 aliphatic rings. The van der Waals surface area contributed by atoms with E-state index in [2.05, 4.69) is 6.92 Å². The zero-order valence-corrected chi connectivity index (χ0v) is 9.63. The lowest BCUT2D eigenvalue weighted by Crippen LogP contribution is -2.46. The van der Waals surface area contributed by atoms with E-state index in [1.54, 1.807) is 0 Å². The van der Waals surface area contributed by atoms with Gasteiger partial charge in [-0.05, 0) is 31.1 Å². The molecule has 2 heteroatoms. The van der Waals surface area contributed by atoms with Crippen molar-refractivity contribution in [1.29, 1.82) is 0 Å². The van der Waals surface area contributed by atoms with Crippen LogP contribution in [0.1, 0.15) is 52.4 Å². The Hall–Kier alpha value is -0.0800. The lowest BCUT2D eigenvalue weighted by atomic mass is 9.71. The predicted molar refractivity (Wildman–Crippen MR) is 60.0 cm³/mol. The summed E-state index contributed by atoms with van der Waals surface area (Å²) in [7, 11) is 0. The summed E-state index contributed by atoms with van der Waals surface area (Å²) in [5.41, 5.74) is 5.10. The van der Waals surface area contributed by atoms with Gasteiger partial charge in [0.05, 0.1) is 5.60 Å². The van der Waals surface area contributed by atoms with E-state index >= 15 is 0 Å². The van der Waals surface area contributed by atoms with E-state index < -0.39 is 5.60 Å². The van der Waals surface area contributed by atoms with Crippen molar-refractivity contribution in [2.24, 2.45) is 17.6 Å². The maximum Gasteiger partial charge on any atom is 0.0794 e. The first-order chi connectivity index (χ1) is 6.66. The van der Waals surface area contributed by atoms with Crippen LogP contribution in [0, 0.1) is 11.8 Å². The minimum absolute atomic E-state index is 0.421. The molecule has 0 spiro atoms. The lowest BCUT2D eigenvalue weighted by molar-refractivity contribution is -0.0370. The first-order valence-electron chi connectivity index (χ1n) is 6.08. The fraction of sp³-hybridized carbons (Fsp3) is 1.00. The average Bonchev–Trinajstić information content (AvgIpc) is 2.28. The van der Waals surface area contributed by atoms with E-state index in [0.717, 1.165) is 18.8 Å². The number of rotatable bonds is 4. The maximum absolute atomic E-state index is 10.3. The van der Waals surface area contributed by atoms with Crippen LogP contribution >= 0.6 is 0 Å². The highest BCUT2D eigenvalue weighted by Gasteiger charge is 2.36. The van der Waals surface area contributed by atoms with Gasteiger partial charge in [-0.2, -0.15) is 0 Å². The second-order valence-corrected chi connectivity index (χ2v) is 4.80. The third-order valence-corrected chi connectivity index (χ3v) is 4.09. The summed E-state index contributed by atoms with van der Waals surface area (Å²) in [5, 5.41) is 10.3. The van der Waals surface area contributed by atoms with Gasteiger partial charge in [0.25, 0.3) is 0 Å². The zero-order valence-electron chi connectivity index (χ0n) is 9.63. The highest BCUT2D eigenvalue weighted by Crippen LogP contribution is 2.38. The molecule has 3 N–H and O–H groups in total. The van der Waals surface area contributed by atoms with Gasteiger partial charge < -0.3 is 10.8 Å². The molecule has 2 nitrogen and oxygen atoms in total. The first-order valence-corrected chi connectivity index (χ1v) is 6.08. The summed E-state index contributed by atoms with van der Waals surface area (Å²) in [4.78, 5) is 0. The summed E-state index contributed by atoms with van der Waals surface area (Å²) in [6, 6.07) is 0. The van der Waals surface area contributed by atoms with Gasteiger partial charge in [-0.25, -0.2) is 0 Å². The molecule has 0 aromatic heterocycles. The van der Waals surface area contributed by atoms with Crippen molar-refractivity contribution in [2.45, 2.75) is 58.0 Å². The third-order valence-electron chi connectivity index (χ3n) is 4.09. The Bertz CT molecular complexity index is 166. The Kier molecular flexibility index (Phi) is 4.39. The Morgan fingerprint density at radius 3 is 2.57 bits per heavy atom. The topological polar surface area (TPSA) is 46.2 Å². The number of nitrogens with two attached hydrogens (primary N) is 1. The SMILES string of the molecule is CCC1CCCC(C(O)(CC)CN)C1. The number of hydrogen-bond acceptors (Lipinski definition) is 2. The van der Waals surface area contributed by atoms with Crippen LogP contribution in [0.15, 0.2) is 0 Å². The summed E-state index contributed by atoms with van der Waals surface area (Å²) in [5.74, 6) is 1.26. The van der Waals surface area contributed by atoms with E-state index in [4.69, 9.17) is 5.73 Å². The van der Waals surface area contributed by atoms with Gasteiger partial charge in [-0.3, -0.25) is 0 Å². The maximum atomic E-state index is 10.3. The average molecular weight is 199 g/mol. The van der Waals surface area contributed by atoms with Crippen LogP contribution in [0.25, 0.3) is 0 Å². The van der Waals surface area contributed by atoms with Crippen LogP contribution in [0.2, 0.25) is 0 Å². The molecule has 0 aromatic rings. The number of hydrogen-bond donors (Lipinski definition) is 2. The highest BCUT2D eigenvalue weighted by molar-refractivity contribution is 4.89. The van der Waals surface area contributed by atoms with E-state index in [-0.39, 0.29) is 0 Å². The molecule has 1 saturated carbocycles. The van der Waals surface area contributed by atoms with Gasteiger partial charge in [0.15, 0.2) is 0 Å². The molecule has 1 aliphatic carbocycles. The van der Waals surface area contributed by atoms with Crippen molar-refractivity contribution in [1.82, 2.24) is 0 Å². The van der Waals surface area contributed by atoms with Crippen LogP contribution in [0.5, 0.6) is 0 Å². The Morgan fingerprint density at radius 2 is 2.07 bits per heavy atom. The molecule has 1 rings (SSSR count). The second kappa shape index (κ2) is 5.13. The van der Waals surface area contributed by atoms with Crippen LogP contribution in [0.3, 0.4) is 0 Å². The van der Waals surface area contributed by atoms with Gasteiger partial charge in [-0.1, -0.05) is 33.1 Å². The van der Waals surface area contributed by atoms with Crippen LogP contribution in [-0.4, -0.2) is 17.3 Å². The Balaban J connectivity index is 2.57. The molecule has 3 unspecified atom stereocenters. The monoisotopic (exact) mass is 199 g/mol. The molecule has 0 saturated heterocycles. The summed E-state index contributed by atoms with van der Waals surface area (Å²) in [6.45, 7) is 4.72. The van der Waals surface area contributed by atoms with E-state index in [1.807, 2.05) is 6.92 Å². The molecule has 0 aromatic carbocycles. The predicted octanol–water partition coefficient (Wildman–Crippen LogP) is 2.30. The zero-order chi connectivity index (χ0) is 10.6. The van der Waals surface area contributed by atoms with Gasteiger partial charge in [0.1, 0.15) is 0 Å². The van der Waals surface area contributed by atoms with E-state index in [9.17, 15) is 5.11 Å². The normalized spacial score (nSPS) is 32.6. The summed E-state index contributed by atoms with van der Waals surface area (Å²) >= 11 is 0. The van der Waals surface area contributed by atoms with Gasteiger partial charge >= 0.3 is 0 Å². The fourth-order valence-electron chi connectivity index (χ4n) is 2.75. The van der Waals surface area contributed by atoms with E-state index in [1.165, 1.54) is 25.7 Å². The van der Waals surface area contributed by atoms with Crippen molar-refractivity contribution >= 4 is 0 Å². The first kappa shape index (κ1) is 12.0. The minimum atomic E-state index is -0.589. The fourth-order valence-corrected chi connectivity index (χ4v) is 2.75. The molecule has 84 valence electrons. The summed E-state index contributed by atoms with van der Waals surface area (Å²) < 4.78 is 0. The van der Waals surface area contributed by atoms with Gasteiger partial charge in [-0.15, -0.1) is 0 Å². The van der Waals surface area contributed by atoms with Crippen LogP contribution in [-0.2, 0) is 0 Å². The van der Waals surface area contributed by atoms with Crippen molar-refractivity contribution in [3.63, 3.8) is 0 Å². The smallest absolute Gasteiger partial charge is 0.0794 e. The molecule has 1 fully saturated rings. The molecular formula is C12H25NO. The second-order valence-electron chi connectivity index (χ2n) is 4.80. The third kappa shape index (κ3) is 2.48. The van der Waals surface area contributed by atoms with Crippen molar-refractivity contribution in [3.05, 3.63) is 0 Å². The largest absolute Gasteiger partial charge is 0.388 e. The lowest BCUT2D eigenvalue weighted by Gasteiger charge is -2.39.